The zero-order chi connectivity index (χ0) is 69.7. The number of aromatic amines is 1. The van der Waals surface area contributed by atoms with E-state index in [0.717, 1.165) is 75.7 Å². The zero-order valence-electron chi connectivity index (χ0n) is 55.7. The monoisotopic (exact) mass is 1570 g/mol. The van der Waals surface area contributed by atoms with Gasteiger partial charge in [0.2, 0.25) is 0 Å². The topological polar surface area (TPSA) is 308 Å². The van der Waals surface area contributed by atoms with Crippen molar-refractivity contribution in [3.63, 3.8) is 0 Å². The maximum atomic E-state index is 13.3. The Morgan fingerprint density at radius 2 is 0.940 bits per heavy atom. The van der Waals surface area contributed by atoms with Crippen LogP contribution in [0.1, 0.15) is 57.6 Å². The van der Waals surface area contributed by atoms with Crippen LogP contribution in [0.4, 0.5) is 17.1 Å². The number of nitriles is 3. The smallest absolute Gasteiger partial charge is 1.00 e. The summed E-state index contributed by atoms with van der Waals surface area (Å²) >= 11 is 14.2. The molecule has 6 aromatic carbocycles. The SMILES string of the molecule is CC1CCCN(CCn2c3ccccc3c3c2cc(C#N)c(=O)n3-c2ccc([N+](=O)[O-])cc2)C1.CC1CCCNC1.ClCCBr.I.N#Cc1cc2[nH]c3ccccc3c2n(-c2ccc([N+](=O)[O-])cc2)c1=O.N#Cc1cc2c(c3ccccc3n2CCCl)n(-c2ccc([N+](=O)[O-])cc2)c1=O.[H-].[Na+]. The fourth-order valence-electron chi connectivity index (χ4n) is 12.6. The number of likely N-dealkylation sites (tertiary alicyclic amines) is 1. The molecule has 0 bridgehead atoms. The standard InChI is InChI=1S/C26H25N5O3.C20H13ClN4O3.C18H10N4O3.C6H13N.C2H4BrCl.HI.Na.H/c1-18-5-4-12-28(17-18)13-14-29-23-7-3-2-6-22(23)25-24(29)15-19(16-27)26(32)30(25)20-8-10-21(11-9-20)31(33)34;21-9-10-23-17-4-2-1-3-16(17)19-18(23)11-13(12-22)20(26)24(19)14-5-7-15(8-6-14)25(27)28;19-10-11-9-16-17(14-3-1-2-4-15(14)20-16)21(18(11)23)12-5-7-13(8-6-12)22(24)25;1-6-3-2-4-7-5-6;3-1-2-4;;;/h2-3,6-11,15,18H,4-5,12-14,17H2,1H3;1-8,11H,9-10H2;1-9,20H;6-7H,2-5H2,1H3;1-2H2;1H;;/q;;;;;;+1;-1. The molecule has 0 saturated carbocycles. The van der Waals surface area contributed by atoms with Gasteiger partial charge in [0, 0.05) is 118 Å². The second kappa shape index (κ2) is 35.3. The predicted molar refractivity (Wildman–Crippen MR) is 403 cm³/mol. The first kappa shape index (κ1) is 76.7. The maximum absolute atomic E-state index is 13.3. The summed E-state index contributed by atoms with van der Waals surface area (Å²) in [7, 11) is 0. The third kappa shape index (κ3) is 16.7. The van der Waals surface area contributed by atoms with Crippen LogP contribution in [0.25, 0.3) is 82.9 Å². The Labute approximate surface area is 631 Å². The van der Waals surface area contributed by atoms with Gasteiger partial charge in [-0.25, -0.2) is 0 Å². The molecule has 12 aromatic rings. The summed E-state index contributed by atoms with van der Waals surface area (Å²) in [5, 5.41) is 68.2. The molecule has 2 aliphatic heterocycles. The third-order valence-electron chi connectivity index (χ3n) is 17.1. The van der Waals surface area contributed by atoms with Crippen molar-refractivity contribution < 1.29 is 45.8 Å². The number of aromatic nitrogens is 6. The van der Waals surface area contributed by atoms with E-state index in [1.807, 2.05) is 95.6 Å². The molecule has 2 aliphatic rings. The first-order valence-electron chi connectivity index (χ1n) is 31.5. The van der Waals surface area contributed by atoms with Crippen LogP contribution in [0.3, 0.4) is 0 Å². The van der Waals surface area contributed by atoms with Gasteiger partial charge in [-0.15, -0.1) is 47.2 Å². The second-order valence-electron chi connectivity index (χ2n) is 23.6. The normalized spacial score (nSPS) is 14.1. The number of pyridine rings is 3. The van der Waals surface area contributed by atoms with Crippen molar-refractivity contribution in [3.05, 3.63) is 242 Å². The molecule has 0 aliphatic carbocycles. The van der Waals surface area contributed by atoms with E-state index in [4.69, 9.17) is 23.2 Å². The van der Waals surface area contributed by atoms with Crippen LogP contribution in [-0.2, 0) is 13.1 Å². The molecular formula is C72H67BrCl2IN14NaO9. The number of alkyl halides is 3. The summed E-state index contributed by atoms with van der Waals surface area (Å²) < 4.78 is 8.52. The van der Waals surface area contributed by atoms with Gasteiger partial charge >= 0.3 is 29.6 Å². The van der Waals surface area contributed by atoms with Gasteiger partial charge < -0.3 is 25.8 Å². The molecule has 23 nitrogen and oxygen atoms in total. The molecule has 0 spiro atoms. The minimum atomic E-state index is -0.500. The Balaban J connectivity index is 0.000000196. The van der Waals surface area contributed by atoms with Gasteiger partial charge in [-0.05, 0) is 130 Å². The van der Waals surface area contributed by atoms with Crippen molar-refractivity contribution in [1.82, 2.24) is 38.0 Å². The summed E-state index contributed by atoms with van der Waals surface area (Å²) in [6, 6.07) is 50.9. The number of hydrogen-bond acceptors (Lipinski definition) is 14. The molecule has 28 heteroatoms. The number of nitrogens with zero attached hydrogens (tertiary/aromatic N) is 12. The number of rotatable bonds is 12. The van der Waals surface area contributed by atoms with Crippen molar-refractivity contribution in [2.75, 3.05) is 49.8 Å². The van der Waals surface area contributed by atoms with Crippen LogP contribution < -0.4 is 51.6 Å². The van der Waals surface area contributed by atoms with Crippen LogP contribution in [0.15, 0.2) is 178 Å². The molecule has 2 N–H and O–H groups in total. The molecule has 2 unspecified atom stereocenters. The average molecular weight is 1570 g/mol. The van der Waals surface area contributed by atoms with E-state index in [1.54, 1.807) is 24.3 Å². The minimum absolute atomic E-state index is 0. The number of halogens is 4. The average Bonchev–Trinajstić information content (AvgIpc) is 1.63. The third-order valence-corrected chi connectivity index (χ3v) is 18.3. The number of hydrogen-bond donors (Lipinski definition) is 2. The number of nitrogens with one attached hydrogen (secondary N) is 2. The van der Waals surface area contributed by atoms with Crippen molar-refractivity contribution in [3.8, 4) is 35.3 Å². The molecule has 14 rings (SSSR count). The van der Waals surface area contributed by atoms with E-state index in [1.165, 1.54) is 119 Å². The van der Waals surface area contributed by atoms with Gasteiger partial charge in [0.15, 0.2) is 0 Å². The van der Waals surface area contributed by atoms with Gasteiger partial charge in [0.1, 0.15) is 34.9 Å². The summed E-state index contributed by atoms with van der Waals surface area (Å²) in [4.78, 5) is 76.2. The Bertz CT molecular complexity index is 5310. The van der Waals surface area contributed by atoms with Crippen LogP contribution in [-0.4, -0.2) is 97.3 Å². The largest absolute Gasteiger partial charge is 1.00 e. The molecule has 6 aromatic heterocycles. The first-order valence-corrected chi connectivity index (χ1v) is 33.7. The number of nitro groups is 3. The Hall–Kier alpha value is -9.05. The molecule has 8 heterocycles. The molecule has 2 saturated heterocycles. The van der Waals surface area contributed by atoms with Crippen molar-refractivity contribution in [1.29, 1.82) is 15.8 Å². The Morgan fingerprint density at radius 1 is 0.530 bits per heavy atom. The van der Waals surface area contributed by atoms with Gasteiger partial charge in [-0.2, -0.15) is 15.8 Å². The molecule has 0 amide bonds. The fraction of sp³-hybridized carbons (Fsp3) is 0.250. The van der Waals surface area contributed by atoms with E-state index in [0.29, 0.717) is 68.9 Å². The van der Waals surface area contributed by atoms with Gasteiger partial charge in [-0.1, -0.05) is 84.4 Å². The number of para-hydroxylation sites is 3. The van der Waals surface area contributed by atoms with Gasteiger partial charge in [-0.3, -0.25) is 58.4 Å². The summed E-state index contributed by atoms with van der Waals surface area (Å²) in [5.41, 5.74) is 6.73. The summed E-state index contributed by atoms with van der Waals surface area (Å²) in [5.74, 6) is 2.69. The number of piperidine rings is 2. The number of benzene rings is 6. The van der Waals surface area contributed by atoms with Gasteiger partial charge in [0.25, 0.3) is 33.7 Å². The summed E-state index contributed by atoms with van der Waals surface area (Å²) in [6.45, 7) is 11.4. The number of non-ortho nitro benzene ring substituents is 3. The minimum Gasteiger partial charge on any atom is -1.00 e. The molecule has 100 heavy (non-hydrogen) atoms. The van der Waals surface area contributed by atoms with Crippen LogP contribution in [0.2, 0.25) is 0 Å². The number of aryl methyl sites for hydroxylation is 1. The van der Waals surface area contributed by atoms with Crippen molar-refractivity contribution in [2.45, 2.75) is 52.6 Å². The van der Waals surface area contributed by atoms with E-state index in [9.17, 15) is 60.5 Å². The summed E-state index contributed by atoms with van der Waals surface area (Å²) in [6.07, 6.45) is 5.26. The van der Waals surface area contributed by atoms with E-state index in [-0.39, 0.29) is 88.7 Å². The van der Waals surface area contributed by atoms with Gasteiger partial charge in [0.05, 0.1) is 58.9 Å². The Kier molecular flexibility index (Phi) is 27.1. The molecule has 0 radical (unpaired) electrons. The molecule has 2 atom stereocenters. The maximum Gasteiger partial charge on any atom is 1.00 e. The quantitative estimate of drug-likeness (QED) is 0.0378. The predicted octanol–water partition coefficient (Wildman–Crippen LogP) is 12.0. The van der Waals surface area contributed by atoms with Crippen molar-refractivity contribution >= 4 is 146 Å². The van der Waals surface area contributed by atoms with Crippen LogP contribution >= 0.6 is 63.1 Å². The van der Waals surface area contributed by atoms with Crippen LogP contribution in [0.5, 0.6) is 0 Å². The van der Waals surface area contributed by atoms with E-state index < -0.39 is 31.4 Å². The molecule has 508 valence electrons. The number of fused-ring (bicyclic) bond motifs is 9. The second-order valence-corrected chi connectivity index (χ2v) is 25.1. The molecular weight excluding hydrogens is 1510 g/mol. The zero-order valence-corrected chi connectivity index (χ0v) is 62.2. The van der Waals surface area contributed by atoms with E-state index in [2.05, 4.69) is 49.5 Å². The fourth-order valence-corrected chi connectivity index (χ4v) is 12.8. The number of nitro benzene ring substituents is 3. The Morgan fingerprint density at radius 3 is 1.33 bits per heavy atom. The number of H-pyrrole nitrogens is 1. The molecule has 2 fully saturated rings. The van der Waals surface area contributed by atoms with Crippen LogP contribution in [0, 0.1) is 76.2 Å². The van der Waals surface area contributed by atoms with Crippen molar-refractivity contribution in [2.24, 2.45) is 11.8 Å². The first-order chi connectivity index (χ1) is 47.4. The van der Waals surface area contributed by atoms with E-state index >= 15 is 0 Å².